The highest BCUT2D eigenvalue weighted by atomic mass is 16.5. The van der Waals surface area contributed by atoms with E-state index in [9.17, 15) is 0 Å². The normalized spacial score (nSPS) is 34.2. The van der Waals surface area contributed by atoms with Gasteiger partial charge in [-0.1, -0.05) is 6.92 Å². The third-order valence-electron chi connectivity index (χ3n) is 4.40. The maximum Gasteiger partial charge on any atom is 0.0637 e. The SMILES string of the molecule is CCNC1CCOCC1N(CC1CC1)C1CC1. The van der Waals surface area contributed by atoms with Crippen molar-refractivity contribution in [3.8, 4) is 0 Å². The second kappa shape index (κ2) is 5.25. The third kappa shape index (κ3) is 3.01. The molecule has 3 aliphatic rings. The van der Waals surface area contributed by atoms with E-state index in [1.54, 1.807) is 0 Å². The highest BCUT2D eigenvalue weighted by Crippen LogP contribution is 2.37. The monoisotopic (exact) mass is 238 g/mol. The summed E-state index contributed by atoms with van der Waals surface area (Å²) < 4.78 is 5.74. The van der Waals surface area contributed by atoms with Gasteiger partial charge >= 0.3 is 0 Å². The van der Waals surface area contributed by atoms with E-state index >= 15 is 0 Å². The van der Waals surface area contributed by atoms with E-state index in [0.717, 1.165) is 31.7 Å². The maximum atomic E-state index is 5.74. The van der Waals surface area contributed by atoms with Crippen LogP contribution in [0.1, 0.15) is 39.0 Å². The van der Waals surface area contributed by atoms with Gasteiger partial charge in [-0.15, -0.1) is 0 Å². The lowest BCUT2D eigenvalue weighted by molar-refractivity contribution is -0.00789. The summed E-state index contributed by atoms with van der Waals surface area (Å²) >= 11 is 0. The predicted octanol–water partition coefficient (Wildman–Crippen LogP) is 1.63. The predicted molar refractivity (Wildman–Crippen MR) is 69.1 cm³/mol. The van der Waals surface area contributed by atoms with Crippen LogP contribution in [0, 0.1) is 5.92 Å². The fraction of sp³-hybridized carbons (Fsp3) is 1.00. The summed E-state index contributed by atoms with van der Waals surface area (Å²) in [6.45, 7) is 6.52. The van der Waals surface area contributed by atoms with Crippen molar-refractivity contribution in [1.29, 1.82) is 0 Å². The molecule has 2 unspecified atom stereocenters. The Morgan fingerprint density at radius 3 is 2.65 bits per heavy atom. The zero-order valence-electron chi connectivity index (χ0n) is 11.0. The summed E-state index contributed by atoms with van der Waals surface area (Å²) in [4.78, 5) is 2.78. The molecule has 3 fully saturated rings. The van der Waals surface area contributed by atoms with Crippen molar-refractivity contribution in [3.05, 3.63) is 0 Å². The molecule has 0 spiro atoms. The Morgan fingerprint density at radius 2 is 2.00 bits per heavy atom. The molecule has 1 N–H and O–H groups in total. The fourth-order valence-electron chi connectivity index (χ4n) is 3.11. The average molecular weight is 238 g/mol. The molecule has 3 nitrogen and oxygen atoms in total. The molecule has 3 heteroatoms. The zero-order chi connectivity index (χ0) is 11.7. The minimum Gasteiger partial charge on any atom is -0.380 e. The number of nitrogens with zero attached hydrogens (tertiary/aromatic N) is 1. The van der Waals surface area contributed by atoms with Gasteiger partial charge in [0.25, 0.3) is 0 Å². The van der Waals surface area contributed by atoms with Gasteiger partial charge < -0.3 is 10.1 Å². The molecule has 17 heavy (non-hydrogen) atoms. The van der Waals surface area contributed by atoms with Gasteiger partial charge in [0.05, 0.1) is 6.61 Å². The van der Waals surface area contributed by atoms with Crippen LogP contribution in [0.3, 0.4) is 0 Å². The first kappa shape index (κ1) is 11.9. The lowest BCUT2D eigenvalue weighted by Crippen LogP contribution is -2.56. The van der Waals surface area contributed by atoms with E-state index in [0.29, 0.717) is 12.1 Å². The van der Waals surface area contributed by atoms with E-state index < -0.39 is 0 Å². The highest BCUT2D eigenvalue weighted by Gasteiger charge is 2.41. The number of hydrogen-bond acceptors (Lipinski definition) is 3. The number of ether oxygens (including phenoxy) is 1. The second-order valence-electron chi connectivity index (χ2n) is 5.97. The van der Waals surface area contributed by atoms with Gasteiger partial charge in [0.15, 0.2) is 0 Å². The Hall–Kier alpha value is -0.120. The Kier molecular flexibility index (Phi) is 3.69. The zero-order valence-corrected chi connectivity index (χ0v) is 11.0. The van der Waals surface area contributed by atoms with E-state index in [1.807, 2.05) is 0 Å². The van der Waals surface area contributed by atoms with Gasteiger partial charge in [-0.3, -0.25) is 4.90 Å². The van der Waals surface area contributed by atoms with Crippen LogP contribution in [-0.2, 0) is 4.74 Å². The lowest BCUT2D eigenvalue weighted by atomic mass is 10.0. The number of nitrogens with one attached hydrogen (secondary N) is 1. The largest absolute Gasteiger partial charge is 0.380 e. The molecule has 0 radical (unpaired) electrons. The standard InChI is InChI=1S/C14H26N2O/c1-2-15-13-7-8-17-10-14(13)16(12-5-6-12)9-11-3-4-11/h11-15H,2-10H2,1H3. The molecule has 1 heterocycles. The van der Waals surface area contributed by atoms with Crippen molar-refractivity contribution in [2.45, 2.75) is 57.2 Å². The van der Waals surface area contributed by atoms with Crippen LogP contribution in [0.5, 0.6) is 0 Å². The van der Waals surface area contributed by atoms with Crippen molar-refractivity contribution < 1.29 is 4.74 Å². The molecular formula is C14H26N2O. The molecule has 0 aromatic rings. The molecule has 98 valence electrons. The van der Waals surface area contributed by atoms with Crippen LogP contribution in [0.25, 0.3) is 0 Å². The van der Waals surface area contributed by atoms with Crippen molar-refractivity contribution in [2.75, 3.05) is 26.3 Å². The summed E-state index contributed by atoms with van der Waals surface area (Å²) in [5, 5.41) is 3.67. The minimum atomic E-state index is 0.636. The number of likely N-dealkylation sites (N-methyl/N-ethyl adjacent to an activating group) is 1. The van der Waals surface area contributed by atoms with Gasteiger partial charge in [-0.25, -0.2) is 0 Å². The summed E-state index contributed by atoms with van der Waals surface area (Å²) in [6, 6.07) is 2.17. The Morgan fingerprint density at radius 1 is 1.18 bits per heavy atom. The van der Waals surface area contributed by atoms with Crippen LogP contribution >= 0.6 is 0 Å². The fourth-order valence-corrected chi connectivity index (χ4v) is 3.11. The molecule has 3 rings (SSSR count). The van der Waals surface area contributed by atoms with Crippen LogP contribution < -0.4 is 5.32 Å². The molecule has 2 aliphatic carbocycles. The number of hydrogen-bond donors (Lipinski definition) is 1. The van der Waals surface area contributed by atoms with E-state index in [-0.39, 0.29) is 0 Å². The van der Waals surface area contributed by atoms with Crippen LogP contribution in [-0.4, -0.2) is 49.3 Å². The first-order valence-electron chi connectivity index (χ1n) is 7.45. The van der Waals surface area contributed by atoms with Crippen molar-refractivity contribution >= 4 is 0 Å². The average Bonchev–Trinajstić information content (AvgIpc) is 3.21. The summed E-state index contributed by atoms with van der Waals surface area (Å²) in [7, 11) is 0. The summed E-state index contributed by atoms with van der Waals surface area (Å²) in [5.41, 5.74) is 0. The summed E-state index contributed by atoms with van der Waals surface area (Å²) in [5.74, 6) is 1.000. The van der Waals surface area contributed by atoms with E-state index in [4.69, 9.17) is 4.74 Å². The topological polar surface area (TPSA) is 24.5 Å². The van der Waals surface area contributed by atoms with Crippen molar-refractivity contribution in [3.63, 3.8) is 0 Å². The smallest absolute Gasteiger partial charge is 0.0637 e. The van der Waals surface area contributed by atoms with Crippen molar-refractivity contribution in [1.82, 2.24) is 10.2 Å². The van der Waals surface area contributed by atoms with Crippen LogP contribution in [0.4, 0.5) is 0 Å². The second-order valence-corrected chi connectivity index (χ2v) is 5.97. The molecule has 2 saturated carbocycles. The Balaban J connectivity index is 1.63. The Labute approximate surface area is 105 Å². The molecule has 0 aromatic carbocycles. The third-order valence-corrected chi connectivity index (χ3v) is 4.40. The maximum absolute atomic E-state index is 5.74. The lowest BCUT2D eigenvalue weighted by Gasteiger charge is -2.40. The molecular weight excluding hydrogens is 212 g/mol. The van der Waals surface area contributed by atoms with Gasteiger partial charge in [0.1, 0.15) is 0 Å². The van der Waals surface area contributed by atoms with Gasteiger partial charge in [0, 0.05) is 31.3 Å². The van der Waals surface area contributed by atoms with Gasteiger partial charge in [-0.05, 0) is 44.6 Å². The van der Waals surface area contributed by atoms with E-state index in [1.165, 1.54) is 38.6 Å². The van der Waals surface area contributed by atoms with Gasteiger partial charge in [0.2, 0.25) is 0 Å². The first-order chi connectivity index (χ1) is 8.38. The molecule has 0 aromatic heterocycles. The van der Waals surface area contributed by atoms with Gasteiger partial charge in [-0.2, -0.15) is 0 Å². The number of rotatable bonds is 6. The molecule has 1 saturated heterocycles. The summed E-state index contributed by atoms with van der Waals surface area (Å²) in [6.07, 6.45) is 6.95. The minimum absolute atomic E-state index is 0.636. The molecule has 0 amide bonds. The van der Waals surface area contributed by atoms with E-state index in [2.05, 4.69) is 17.1 Å². The highest BCUT2D eigenvalue weighted by molar-refractivity contribution is 4.97. The van der Waals surface area contributed by atoms with Crippen LogP contribution in [0.15, 0.2) is 0 Å². The first-order valence-corrected chi connectivity index (χ1v) is 7.45. The molecule has 2 atom stereocenters. The van der Waals surface area contributed by atoms with Crippen molar-refractivity contribution in [2.24, 2.45) is 5.92 Å². The quantitative estimate of drug-likeness (QED) is 0.761. The van der Waals surface area contributed by atoms with Crippen LogP contribution in [0.2, 0.25) is 0 Å². The molecule has 0 bridgehead atoms. The molecule has 1 aliphatic heterocycles. The Bertz CT molecular complexity index is 249.